The van der Waals surface area contributed by atoms with Gasteiger partial charge < -0.3 is 15.8 Å². The molecule has 0 aliphatic heterocycles. The molecule has 0 unspecified atom stereocenters. The Balaban J connectivity index is 1.99. The molecule has 0 radical (unpaired) electrons. The Morgan fingerprint density at radius 1 is 1.40 bits per heavy atom. The fourth-order valence-corrected chi connectivity index (χ4v) is 2.13. The summed E-state index contributed by atoms with van der Waals surface area (Å²) in [4.78, 5) is 16.1. The number of anilines is 2. The van der Waals surface area contributed by atoms with Crippen LogP contribution in [0.4, 0.5) is 20.7 Å². The number of carbonyl (C=O) groups excluding carboxylic acids is 1. The number of hydrogen-bond donors (Lipinski definition) is 4. The molecule has 2 rings (SSSR count). The number of carbonyl (C=O) groups is 1. The van der Waals surface area contributed by atoms with Crippen molar-refractivity contribution in [2.45, 2.75) is 19.9 Å². The molecule has 2 amide bonds. The van der Waals surface area contributed by atoms with Crippen LogP contribution in [0.1, 0.15) is 31.0 Å². The van der Waals surface area contributed by atoms with Crippen LogP contribution in [0.15, 0.2) is 36.5 Å². The molecular formula is C17H20FN5O2. The van der Waals surface area contributed by atoms with E-state index in [9.17, 15) is 9.18 Å². The van der Waals surface area contributed by atoms with Crippen molar-refractivity contribution in [2.75, 3.05) is 17.7 Å². The summed E-state index contributed by atoms with van der Waals surface area (Å²) in [5.74, 6) is -0.166. The van der Waals surface area contributed by atoms with Crippen molar-refractivity contribution in [2.24, 2.45) is 0 Å². The van der Waals surface area contributed by atoms with E-state index in [4.69, 9.17) is 15.9 Å². The van der Waals surface area contributed by atoms with E-state index >= 15 is 0 Å². The number of nitrogens with zero attached hydrogens (tertiary/aromatic N) is 1. The van der Waals surface area contributed by atoms with Gasteiger partial charge in [0.05, 0.1) is 18.2 Å². The maximum atomic E-state index is 12.9. The number of nitrogens with two attached hydrogens (primary N) is 1. The largest absolute Gasteiger partial charge is 0.478 e. The van der Waals surface area contributed by atoms with Crippen LogP contribution < -0.4 is 16.4 Å². The van der Waals surface area contributed by atoms with Gasteiger partial charge in [-0.3, -0.25) is 10.7 Å². The molecule has 25 heavy (non-hydrogen) atoms. The summed E-state index contributed by atoms with van der Waals surface area (Å²) in [5.41, 5.74) is 7.26. The van der Waals surface area contributed by atoms with E-state index in [1.807, 2.05) is 0 Å². The zero-order valence-electron chi connectivity index (χ0n) is 14.0. The molecule has 0 aliphatic rings. The number of ether oxygens (including phenoxy) is 1. The van der Waals surface area contributed by atoms with E-state index in [1.165, 1.54) is 24.4 Å². The van der Waals surface area contributed by atoms with Gasteiger partial charge in [-0.15, -0.1) is 0 Å². The van der Waals surface area contributed by atoms with Gasteiger partial charge >= 0.3 is 6.03 Å². The lowest BCUT2D eigenvalue weighted by Crippen LogP contribution is -2.31. The number of halogens is 1. The number of rotatable bonds is 5. The van der Waals surface area contributed by atoms with E-state index in [2.05, 4.69) is 15.6 Å². The summed E-state index contributed by atoms with van der Waals surface area (Å²) in [5, 5.41) is 13.0. The Morgan fingerprint density at radius 3 is 2.68 bits per heavy atom. The standard InChI is InChI=1S/C17H20FN5O2/c1-3-25-16(20)13-9-21-15(8-14(13)19)23-17(24)22-10(2)11-4-6-12(18)7-5-11/h4-10,20H,3H2,1-2H3,(H4,19,21,22,23,24)/t10-/m1/s1. The normalized spacial score (nSPS) is 11.5. The zero-order chi connectivity index (χ0) is 18.4. The van der Waals surface area contributed by atoms with E-state index in [1.54, 1.807) is 26.0 Å². The van der Waals surface area contributed by atoms with Crippen LogP contribution in [0, 0.1) is 11.2 Å². The van der Waals surface area contributed by atoms with Gasteiger partial charge in [-0.25, -0.2) is 14.2 Å². The van der Waals surface area contributed by atoms with E-state index in [0.717, 1.165) is 5.56 Å². The first-order valence-corrected chi connectivity index (χ1v) is 7.71. The second-order valence-electron chi connectivity index (χ2n) is 5.29. The second-order valence-corrected chi connectivity index (χ2v) is 5.29. The fraction of sp³-hybridized carbons (Fsp3) is 0.235. The molecule has 0 aliphatic carbocycles. The minimum Gasteiger partial charge on any atom is -0.478 e. The molecule has 0 fully saturated rings. The van der Waals surface area contributed by atoms with Gasteiger partial charge in [-0.05, 0) is 31.5 Å². The van der Waals surface area contributed by atoms with Crippen LogP contribution >= 0.6 is 0 Å². The van der Waals surface area contributed by atoms with Crippen molar-refractivity contribution in [3.8, 4) is 0 Å². The van der Waals surface area contributed by atoms with Crippen LogP contribution in [0.25, 0.3) is 0 Å². The van der Waals surface area contributed by atoms with Gasteiger partial charge in [-0.2, -0.15) is 0 Å². The average molecular weight is 345 g/mol. The lowest BCUT2D eigenvalue weighted by Gasteiger charge is -2.15. The zero-order valence-corrected chi connectivity index (χ0v) is 14.0. The van der Waals surface area contributed by atoms with E-state index < -0.39 is 6.03 Å². The second kappa shape index (κ2) is 8.09. The molecule has 0 saturated carbocycles. The first kappa shape index (κ1) is 18.2. The lowest BCUT2D eigenvalue weighted by atomic mass is 10.1. The number of nitrogen functional groups attached to an aromatic ring is 1. The summed E-state index contributed by atoms with van der Waals surface area (Å²) >= 11 is 0. The summed E-state index contributed by atoms with van der Waals surface area (Å²) in [7, 11) is 0. The quantitative estimate of drug-likeness (QED) is 0.493. The van der Waals surface area contributed by atoms with Crippen molar-refractivity contribution >= 4 is 23.4 Å². The van der Waals surface area contributed by atoms with Crippen LogP contribution in [0.5, 0.6) is 0 Å². The number of hydrogen-bond acceptors (Lipinski definition) is 5. The van der Waals surface area contributed by atoms with Crippen LogP contribution in [0.3, 0.4) is 0 Å². The number of benzene rings is 1. The number of pyridine rings is 1. The Labute approximate surface area is 144 Å². The molecule has 0 spiro atoms. The molecule has 1 atom stereocenters. The Kier molecular flexibility index (Phi) is 5.89. The van der Waals surface area contributed by atoms with Crippen LogP contribution in [-0.2, 0) is 4.74 Å². The Hall–Kier alpha value is -3.16. The fourth-order valence-electron chi connectivity index (χ4n) is 2.13. The third-order valence-electron chi connectivity index (χ3n) is 3.43. The molecule has 1 aromatic heterocycles. The molecule has 0 bridgehead atoms. The summed E-state index contributed by atoms with van der Waals surface area (Å²) in [6.45, 7) is 3.89. The third kappa shape index (κ3) is 4.90. The molecule has 1 aromatic carbocycles. The number of amides is 2. The first-order chi connectivity index (χ1) is 11.9. The van der Waals surface area contributed by atoms with Crippen molar-refractivity contribution in [1.82, 2.24) is 10.3 Å². The molecular weight excluding hydrogens is 325 g/mol. The smallest absolute Gasteiger partial charge is 0.320 e. The SMILES string of the molecule is CCOC(=N)c1cnc(NC(=O)N[C@H](C)c2ccc(F)cc2)cc1N. The van der Waals surface area contributed by atoms with E-state index in [-0.39, 0.29) is 29.3 Å². The highest BCUT2D eigenvalue weighted by atomic mass is 19.1. The third-order valence-corrected chi connectivity index (χ3v) is 3.43. The minimum absolute atomic E-state index is 0.0755. The van der Waals surface area contributed by atoms with Crippen LogP contribution in [0.2, 0.25) is 0 Å². The molecule has 5 N–H and O–H groups in total. The van der Waals surface area contributed by atoms with Gasteiger partial charge in [0.1, 0.15) is 11.6 Å². The predicted molar refractivity (Wildman–Crippen MR) is 94.1 cm³/mol. The highest BCUT2D eigenvalue weighted by Gasteiger charge is 2.12. The highest BCUT2D eigenvalue weighted by Crippen LogP contribution is 2.17. The number of nitrogens with one attached hydrogen (secondary N) is 3. The van der Waals surface area contributed by atoms with Gasteiger partial charge in [0, 0.05) is 18.0 Å². The van der Waals surface area contributed by atoms with Crippen molar-refractivity contribution in [3.63, 3.8) is 0 Å². The number of aromatic nitrogens is 1. The molecule has 8 heteroatoms. The topological polar surface area (TPSA) is 113 Å². The monoisotopic (exact) mass is 345 g/mol. The van der Waals surface area contributed by atoms with Gasteiger partial charge in [0.2, 0.25) is 5.90 Å². The predicted octanol–water partition coefficient (Wildman–Crippen LogP) is 3.05. The van der Waals surface area contributed by atoms with Gasteiger partial charge in [0.15, 0.2) is 0 Å². The van der Waals surface area contributed by atoms with Crippen molar-refractivity contribution in [1.29, 1.82) is 5.41 Å². The van der Waals surface area contributed by atoms with Gasteiger partial charge in [-0.1, -0.05) is 12.1 Å². The minimum atomic E-state index is -0.476. The molecule has 132 valence electrons. The summed E-state index contributed by atoms with van der Waals surface area (Å²) < 4.78 is 18.0. The lowest BCUT2D eigenvalue weighted by molar-refractivity contribution is 0.249. The van der Waals surface area contributed by atoms with Crippen LogP contribution in [-0.4, -0.2) is 23.5 Å². The Morgan fingerprint density at radius 2 is 2.08 bits per heavy atom. The van der Waals surface area contributed by atoms with Crippen molar-refractivity contribution in [3.05, 3.63) is 53.5 Å². The first-order valence-electron chi connectivity index (χ1n) is 7.71. The average Bonchev–Trinajstić information content (AvgIpc) is 2.55. The van der Waals surface area contributed by atoms with Gasteiger partial charge in [0.25, 0.3) is 0 Å². The maximum absolute atomic E-state index is 12.9. The molecule has 1 heterocycles. The number of urea groups is 1. The highest BCUT2D eigenvalue weighted by molar-refractivity contribution is 5.97. The summed E-state index contributed by atoms with van der Waals surface area (Å²) in [6, 6.07) is 6.53. The van der Waals surface area contributed by atoms with E-state index in [0.29, 0.717) is 12.2 Å². The Bertz CT molecular complexity index is 764. The molecule has 2 aromatic rings. The van der Waals surface area contributed by atoms with Crippen molar-refractivity contribution < 1.29 is 13.9 Å². The molecule has 0 saturated heterocycles. The maximum Gasteiger partial charge on any atom is 0.320 e. The molecule has 7 nitrogen and oxygen atoms in total. The summed E-state index contributed by atoms with van der Waals surface area (Å²) in [6.07, 6.45) is 1.37.